The first-order valence-electron chi connectivity index (χ1n) is 5.65. The minimum Gasteiger partial charge on any atom is -0.495 e. The lowest BCUT2D eigenvalue weighted by Gasteiger charge is -2.33. The predicted molar refractivity (Wildman–Crippen MR) is 67.5 cm³/mol. The first-order valence-corrected chi connectivity index (χ1v) is 7.55. The van der Waals surface area contributed by atoms with Gasteiger partial charge in [0.25, 0.3) is 5.60 Å². The minimum absolute atomic E-state index is 0.258. The highest BCUT2D eigenvalue weighted by Gasteiger charge is 2.71. The van der Waals surface area contributed by atoms with E-state index in [2.05, 4.69) is 4.74 Å². The Hall–Kier alpha value is -1.69. The second kappa shape index (κ2) is 5.74. The second-order valence-corrected chi connectivity index (χ2v) is 6.24. The Morgan fingerprint density at radius 3 is 1.91 bits per heavy atom. The predicted octanol–water partition coefficient (Wildman–Crippen LogP) is 2.38. The molecule has 0 unspecified atom stereocenters. The van der Waals surface area contributed by atoms with Gasteiger partial charge in [0.1, 0.15) is 5.75 Å². The van der Waals surface area contributed by atoms with Crippen molar-refractivity contribution in [2.24, 2.45) is 0 Å². The van der Waals surface area contributed by atoms with Crippen molar-refractivity contribution in [1.82, 2.24) is 0 Å². The topological polar surface area (TPSA) is 75.6 Å². The molecule has 23 heavy (non-hydrogen) atoms. The fourth-order valence-corrected chi connectivity index (χ4v) is 2.26. The van der Waals surface area contributed by atoms with Gasteiger partial charge in [0.15, 0.2) is 0 Å². The van der Waals surface area contributed by atoms with Crippen LogP contribution in [0, 0.1) is 0 Å². The number of sulfonamides is 1. The van der Waals surface area contributed by atoms with Gasteiger partial charge >= 0.3 is 12.4 Å². The number of hydrogen-bond acceptors (Lipinski definition) is 4. The highest BCUT2D eigenvalue weighted by Crippen LogP contribution is 2.51. The van der Waals surface area contributed by atoms with Gasteiger partial charge in [0.2, 0.25) is 10.0 Å². The molecule has 1 aromatic carbocycles. The van der Waals surface area contributed by atoms with Crippen LogP contribution in [-0.4, -0.2) is 39.2 Å². The van der Waals surface area contributed by atoms with E-state index in [0.717, 1.165) is 13.4 Å². The standard InChI is InChI=1S/C11H11F6NO4S/c1-22-8-5-6(3-4-7(8)18-23(2,20)21)9(19,10(12,13)14)11(15,16)17/h3-5,18-19H,1-2H3. The van der Waals surface area contributed by atoms with Crippen molar-refractivity contribution < 1.29 is 44.6 Å². The van der Waals surface area contributed by atoms with Crippen LogP contribution in [0.25, 0.3) is 0 Å². The molecule has 0 saturated heterocycles. The van der Waals surface area contributed by atoms with Gasteiger partial charge in [-0.1, -0.05) is 6.07 Å². The molecule has 0 aliphatic carbocycles. The summed E-state index contributed by atoms with van der Waals surface area (Å²) in [6, 6.07) is 1.18. The lowest BCUT2D eigenvalue weighted by Crippen LogP contribution is -2.53. The van der Waals surface area contributed by atoms with Crippen molar-refractivity contribution in [1.29, 1.82) is 0 Å². The number of ether oxygens (including phenoxy) is 1. The number of methoxy groups -OCH3 is 1. The van der Waals surface area contributed by atoms with Crippen LogP contribution in [0.1, 0.15) is 5.56 Å². The number of anilines is 1. The number of halogens is 6. The van der Waals surface area contributed by atoms with Gasteiger partial charge in [-0.3, -0.25) is 4.72 Å². The zero-order chi connectivity index (χ0) is 18.3. The maximum Gasteiger partial charge on any atom is 0.430 e. The Morgan fingerprint density at radius 1 is 1.09 bits per heavy atom. The fourth-order valence-electron chi connectivity index (χ4n) is 1.69. The molecule has 0 spiro atoms. The molecule has 0 fully saturated rings. The van der Waals surface area contributed by atoms with Gasteiger partial charge in [-0.25, -0.2) is 8.42 Å². The Morgan fingerprint density at radius 2 is 1.57 bits per heavy atom. The summed E-state index contributed by atoms with van der Waals surface area (Å²) in [6.45, 7) is 0. The summed E-state index contributed by atoms with van der Waals surface area (Å²) >= 11 is 0. The largest absolute Gasteiger partial charge is 0.495 e. The van der Waals surface area contributed by atoms with E-state index in [-0.39, 0.29) is 11.8 Å². The summed E-state index contributed by atoms with van der Waals surface area (Å²) in [5, 5.41) is 9.25. The first-order chi connectivity index (χ1) is 10.1. The third-order valence-corrected chi connectivity index (χ3v) is 3.33. The Labute approximate surface area is 126 Å². The maximum absolute atomic E-state index is 12.8. The van der Waals surface area contributed by atoms with Crippen molar-refractivity contribution in [3.63, 3.8) is 0 Å². The number of rotatable bonds is 4. The Bertz CT molecular complexity index is 669. The molecule has 0 heterocycles. The molecule has 132 valence electrons. The van der Waals surface area contributed by atoms with Gasteiger partial charge < -0.3 is 9.84 Å². The van der Waals surface area contributed by atoms with Crippen LogP contribution < -0.4 is 9.46 Å². The van der Waals surface area contributed by atoms with E-state index in [1.807, 2.05) is 4.72 Å². The summed E-state index contributed by atoms with van der Waals surface area (Å²) < 4.78 is 105. The number of alkyl halides is 6. The normalized spacial score (nSPS) is 13.8. The van der Waals surface area contributed by atoms with E-state index < -0.39 is 39.3 Å². The average molecular weight is 367 g/mol. The van der Waals surface area contributed by atoms with Crippen LogP contribution in [0.5, 0.6) is 5.75 Å². The maximum atomic E-state index is 12.8. The zero-order valence-corrected chi connectivity index (χ0v) is 12.4. The van der Waals surface area contributed by atoms with Crippen molar-refractivity contribution in [3.05, 3.63) is 23.8 Å². The quantitative estimate of drug-likeness (QED) is 0.802. The van der Waals surface area contributed by atoms with E-state index in [0.29, 0.717) is 12.1 Å². The van der Waals surface area contributed by atoms with E-state index in [1.165, 1.54) is 0 Å². The summed E-state index contributed by atoms with van der Waals surface area (Å²) in [6.07, 6.45) is -11.4. The molecule has 1 aromatic rings. The van der Waals surface area contributed by atoms with E-state index in [9.17, 15) is 39.9 Å². The van der Waals surface area contributed by atoms with Crippen LogP contribution in [0.4, 0.5) is 32.0 Å². The van der Waals surface area contributed by atoms with Gasteiger partial charge in [-0.15, -0.1) is 0 Å². The molecule has 2 N–H and O–H groups in total. The Balaban J connectivity index is 3.54. The van der Waals surface area contributed by atoms with Crippen molar-refractivity contribution in [3.8, 4) is 5.75 Å². The molecule has 0 amide bonds. The fraction of sp³-hybridized carbons (Fsp3) is 0.455. The van der Waals surface area contributed by atoms with Gasteiger partial charge in [0, 0.05) is 5.56 Å². The molecule has 5 nitrogen and oxygen atoms in total. The third-order valence-electron chi connectivity index (χ3n) is 2.74. The van der Waals surface area contributed by atoms with E-state index >= 15 is 0 Å². The smallest absolute Gasteiger partial charge is 0.430 e. The lowest BCUT2D eigenvalue weighted by molar-refractivity contribution is -0.376. The summed E-state index contributed by atoms with van der Waals surface area (Å²) in [4.78, 5) is 0. The minimum atomic E-state index is -6.05. The molecule has 0 saturated carbocycles. The molecule has 0 aliphatic heterocycles. The van der Waals surface area contributed by atoms with Gasteiger partial charge in [-0.2, -0.15) is 26.3 Å². The molecule has 0 atom stereocenters. The Kier molecular flexibility index (Phi) is 4.83. The highest BCUT2D eigenvalue weighted by atomic mass is 32.2. The van der Waals surface area contributed by atoms with E-state index in [1.54, 1.807) is 0 Å². The average Bonchev–Trinajstić information content (AvgIpc) is 2.33. The third kappa shape index (κ3) is 3.80. The van der Waals surface area contributed by atoms with Gasteiger partial charge in [0.05, 0.1) is 19.1 Å². The van der Waals surface area contributed by atoms with Crippen LogP contribution >= 0.6 is 0 Å². The monoisotopic (exact) mass is 367 g/mol. The molecule has 12 heteroatoms. The summed E-state index contributed by atoms with van der Waals surface area (Å²) in [7, 11) is -2.94. The number of aliphatic hydroxyl groups is 1. The second-order valence-electron chi connectivity index (χ2n) is 4.50. The number of benzene rings is 1. The van der Waals surface area contributed by atoms with Crippen molar-refractivity contribution >= 4 is 15.7 Å². The molecule has 0 aromatic heterocycles. The van der Waals surface area contributed by atoms with Gasteiger partial charge in [-0.05, 0) is 12.1 Å². The van der Waals surface area contributed by atoms with Crippen molar-refractivity contribution in [2.75, 3.05) is 18.1 Å². The summed E-state index contributed by atoms with van der Waals surface area (Å²) in [5.41, 5.74) is -7.07. The first kappa shape index (κ1) is 19.4. The highest BCUT2D eigenvalue weighted by molar-refractivity contribution is 7.92. The molecule has 0 bridgehead atoms. The van der Waals surface area contributed by atoms with Crippen LogP contribution in [0.3, 0.4) is 0 Å². The molecule has 0 radical (unpaired) electrons. The number of nitrogens with one attached hydrogen (secondary N) is 1. The molecule has 0 aliphatic rings. The van der Waals surface area contributed by atoms with Crippen molar-refractivity contribution in [2.45, 2.75) is 18.0 Å². The van der Waals surface area contributed by atoms with E-state index in [4.69, 9.17) is 0 Å². The zero-order valence-electron chi connectivity index (χ0n) is 11.6. The van der Waals surface area contributed by atoms with Crippen LogP contribution in [0.15, 0.2) is 18.2 Å². The molecular formula is C11H11F6NO4S. The molecule has 1 rings (SSSR count). The summed E-state index contributed by atoms with van der Waals surface area (Å²) in [5.74, 6) is -0.625. The molecular weight excluding hydrogens is 356 g/mol. The number of hydrogen-bond donors (Lipinski definition) is 2. The SMILES string of the molecule is COc1cc(C(O)(C(F)(F)F)C(F)(F)F)ccc1NS(C)(=O)=O. The lowest BCUT2D eigenvalue weighted by atomic mass is 9.92. The van der Waals surface area contributed by atoms with Crippen LogP contribution in [-0.2, 0) is 15.6 Å². The van der Waals surface area contributed by atoms with Crippen LogP contribution in [0.2, 0.25) is 0 Å².